The van der Waals surface area contributed by atoms with E-state index in [0.29, 0.717) is 13.0 Å². The first-order chi connectivity index (χ1) is 6.41. The Labute approximate surface area is 86.1 Å². The van der Waals surface area contributed by atoms with Gasteiger partial charge in [-0.05, 0) is 40.5 Å². The van der Waals surface area contributed by atoms with Crippen molar-refractivity contribution in [1.82, 2.24) is 4.90 Å². The number of nitrogens with zero attached hydrogens (tertiary/aromatic N) is 1. The minimum absolute atomic E-state index is 0.520. The van der Waals surface area contributed by atoms with Crippen molar-refractivity contribution in [3.05, 3.63) is 0 Å². The summed E-state index contributed by atoms with van der Waals surface area (Å²) < 4.78 is 0. The lowest BCUT2D eigenvalue weighted by Crippen LogP contribution is -2.29. The predicted octanol–water partition coefficient (Wildman–Crippen LogP) is -0.295. The molecule has 1 atom stereocenters. The second kappa shape index (κ2) is 10.4. The number of carbonyl (C=O) groups is 1. The smallest absolute Gasteiger partial charge is 0.320 e. The van der Waals surface area contributed by atoms with E-state index in [-0.39, 0.29) is 0 Å². The van der Waals surface area contributed by atoms with Crippen LogP contribution in [0.3, 0.4) is 0 Å². The van der Waals surface area contributed by atoms with E-state index in [1.165, 1.54) is 0 Å². The van der Waals surface area contributed by atoms with Crippen LogP contribution in [0.2, 0.25) is 0 Å². The molecule has 0 heterocycles. The summed E-state index contributed by atoms with van der Waals surface area (Å²) in [5, 5.41) is 8.33. The Balaban J connectivity index is 0. The first-order valence-electron chi connectivity index (χ1n) is 4.71. The van der Waals surface area contributed by atoms with Crippen molar-refractivity contribution in [1.29, 1.82) is 0 Å². The molecule has 0 fully saturated rings. The molecule has 0 aromatic carbocycles. The quantitative estimate of drug-likeness (QED) is 0.536. The van der Waals surface area contributed by atoms with Gasteiger partial charge in [-0.2, -0.15) is 0 Å². The van der Waals surface area contributed by atoms with E-state index >= 15 is 0 Å². The summed E-state index contributed by atoms with van der Waals surface area (Å²) in [5.41, 5.74) is 10.4. The van der Waals surface area contributed by atoms with Gasteiger partial charge in [0.05, 0.1) is 0 Å². The van der Waals surface area contributed by atoms with E-state index in [2.05, 4.69) is 0 Å². The lowest BCUT2D eigenvalue weighted by molar-refractivity contribution is -0.138. The number of nitrogens with two attached hydrogens (primary N) is 2. The Bertz CT molecular complexity index is 137. The molecule has 5 heteroatoms. The van der Waals surface area contributed by atoms with Crippen molar-refractivity contribution >= 4 is 5.97 Å². The van der Waals surface area contributed by atoms with Crippen molar-refractivity contribution in [2.24, 2.45) is 11.5 Å². The standard InChI is InChI=1S/C6H14N2O2.C3H9N/c7-4-2-1-3-5(8)6(9)10;1-4(2)3/h5H,1-4,7-8H2,(H,9,10);1-3H3. The zero-order valence-electron chi connectivity index (χ0n) is 9.36. The summed E-state index contributed by atoms with van der Waals surface area (Å²) in [4.78, 5) is 12.1. The maximum atomic E-state index is 10.1. The summed E-state index contributed by atoms with van der Waals surface area (Å²) in [6.45, 7) is 0.604. The molecule has 5 nitrogen and oxygen atoms in total. The van der Waals surface area contributed by atoms with Gasteiger partial charge in [-0.15, -0.1) is 0 Å². The highest BCUT2D eigenvalue weighted by Crippen LogP contribution is 1.96. The molecule has 86 valence electrons. The summed E-state index contributed by atoms with van der Waals surface area (Å²) >= 11 is 0. The van der Waals surface area contributed by atoms with Gasteiger partial charge in [0.15, 0.2) is 0 Å². The lowest BCUT2D eigenvalue weighted by atomic mass is 10.1. The second-order valence-corrected chi connectivity index (χ2v) is 3.57. The van der Waals surface area contributed by atoms with E-state index in [1.54, 1.807) is 0 Å². The third-order valence-corrected chi connectivity index (χ3v) is 1.29. The fourth-order valence-electron chi connectivity index (χ4n) is 0.632. The molecule has 0 spiro atoms. The molecule has 0 aliphatic carbocycles. The Kier molecular flexibility index (Phi) is 11.8. The third-order valence-electron chi connectivity index (χ3n) is 1.29. The van der Waals surface area contributed by atoms with Gasteiger partial charge in [-0.1, -0.05) is 6.42 Å². The van der Waals surface area contributed by atoms with Crippen LogP contribution in [0.15, 0.2) is 0 Å². The normalized spacial score (nSPS) is 11.9. The minimum Gasteiger partial charge on any atom is -0.480 e. The molecule has 0 aliphatic rings. The maximum absolute atomic E-state index is 10.1. The summed E-state index contributed by atoms with van der Waals surface area (Å²) in [6.07, 6.45) is 2.16. The minimum atomic E-state index is -0.933. The Morgan fingerprint density at radius 3 is 2.07 bits per heavy atom. The molecule has 0 amide bonds. The molecule has 0 saturated heterocycles. The number of carboxylic acids is 1. The summed E-state index contributed by atoms with van der Waals surface area (Å²) in [7, 11) is 6.00. The highest BCUT2D eigenvalue weighted by molar-refractivity contribution is 5.72. The fourth-order valence-corrected chi connectivity index (χ4v) is 0.632. The van der Waals surface area contributed by atoms with Crippen molar-refractivity contribution in [3.8, 4) is 0 Å². The van der Waals surface area contributed by atoms with Crippen molar-refractivity contribution in [3.63, 3.8) is 0 Å². The molecule has 0 saturated carbocycles. The van der Waals surface area contributed by atoms with Crippen LogP contribution in [0.4, 0.5) is 0 Å². The number of rotatable bonds is 5. The monoisotopic (exact) mass is 205 g/mol. The lowest BCUT2D eigenvalue weighted by Gasteiger charge is -2.03. The second-order valence-electron chi connectivity index (χ2n) is 3.57. The number of hydrogen-bond acceptors (Lipinski definition) is 4. The van der Waals surface area contributed by atoms with Crippen LogP contribution in [0.25, 0.3) is 0 Å². The zero-order chi connectivity index (χ0) is 11.6. The molecule has 5 N–H and O–H groups in total. The average molecular weight is 205 g/mol. The molecule has 0 radical (unpaired) electrons. The van der Waals surface area contributed by atoms with E-state index in [1.807, 2.05) is 26.0 Å². The molecular weight excluding hydrogens is 182 g/mol. The predicted molar refractivity (Wildman–Crippen MR) is 58.1 cm³/mol. The molecule has 0 rings (SSSR count). The van der Waals surface area contributed by atoms with Crippen LogP contribution in [-0.2, 0) is 4.79 Å². The van der Waals surface area contributed by atoms with Gasteiger partial charge in [-0.25, -0.2) is 0 Å². The Hall–Kier alpha value is -0.650. The van der Waals surface area contributed by atoms with Crippen LogP contribution >= 0.6 is 0 Å². The van der Waals surface area contributed by atoms with Crippen molar-refractivity contribution in [2.75, 3.05) is 27.7 Å². The molecule has 0 bridgehead atoms. The molecule has 0 aromatic rings. The number of aliphatic carboxylic acids is 1. The summed E-state index contributed by atoms with van der Waals surface area (Å²) in [5.74, 6) is -0.933. The largest absolute Gasteiger partial charge is 0.480 e. The highest BCUT2D eigenvalue weighted by Gasteiger charge is 2.09. The topological polar surface area (TPSA) is 92.6 Å². The zero-order valence-corrected chi connectivity index (χ0v) is 9.36. The highest BCUT2D eigenvalue weighted by atomic mass is 16.4. The summed E-state index contributed by atoms with van der Waals surface area (Å²) in [6, 6.07) is -0.716. The van der Waals surface area contributed by atoms with Crippen LogP contribution in [0.5, 0.6) is 0 Å². The van der Waals surface area contributed by atoms with E-state index < -0.39 is 12.0 Å². The van der Waals surface area contributed by atoms with Crippen LogP contribution in [-0.4, -0.2) is 49.7 Å². The number of hydrogen-bond donors (Lipinski definition) is 3. The molecule has 0 aliphatic heterocycles. The average Bonchev–Trinajstić information content (AvgIpc) is 2.03. The molecule has 14 heavy (non-hydrogen) atoms. The van der Waals surface area contributed by atoms with Crippen molar-refractivity contribution < 1.29 is 9.90 Å². The van der Waals surface area contributed by atoms with Crippen LogP contribution < -0.4 is 11.5 Å². The number of carboxylic acid groups (broad SMARTS) is 1. The van der Waals surface area contributed by atoms with Gasteiger partial charge in [0.1, 0.15) is 6.04 Å². The SMILES string of the molecule is CN(C)C.NCCCCC(N)C(=O)O. The van der Waals surface area contributed by atoms with E-state index in [0.717, 1.165) is 12.8 Å². The first-order valence-corrected chi connectivity index (χ1v) is 4.71. The van der Waals surface area contributed by atoms with E-state index in [9.17, 15) is 4.79 Å². The van der Waals surface area contributed by atoms with Crippen LogP contribution in [0.1, 0.15) is 19.3 Å². The fraction of sp³-hybridized carbons (Fsp3) is 0.889. The first kappa shape index (κ1) is 15.8. The molecule has 1 unspecified atom stereocenters. The third kappa shape index (κ3) is 17.4. The van der Waals surface area contributed by atoms with Gasteiger partial charge < -0.3 is 21.5 Å². The molecule has 0 aromatic heterocycles. The maximum Gasteiger partial charge on any atom is 0.320 e. The van der Waals surface area contributed by atoms with Gasteiger partial charge in [0, 0.05) is 0 Å². The van der Waals surface area contributed by atoms with Gasteiger partial charge in [0.2, 0.25) is 0 Å². The Morgan fingerprint density at radius 2 is 1.79 bits per heavy atom. The Morgan fingerprint density at radius 1 is 1.36 bits per heavy atom. The van der Waals surface area contributed by atoms with Crippen LogP contribution in [0, 0.1) is 0 Å². The van der Waals surface area contributed by atoms with E-state index in [4.69, 9.17) is 16.6 Å². The van der Waals surface area contributed by atoms with Gasteiger partial charge in [-0.3, -0.25) is 4.79 Å². The van der Waals surface area contributed by atoms with Gasteiger partial charge in [0.25, 0.3) is 0 Å². The molecular formula is C9H23N3O2. The van der Waals surface area contributed by atoms with Crippen molar-refractivity contribution in [2.45, 2.75) is 25.3 Å². The number of unbranched alkanes of at least 4 members (excludes halogenated alkanes) is 1. The van der Waals surface area contributed by atoms with Gasteiger partial charge >= 0.3 is 5.97 Å².